The van der Waals surface area contributed by atoms with E-state index >= 15 is 0 Å². The molecule has 1 N–H and O–H groups in total. The van der Waals surface area contributed by atoms with E-state index in [0.717, 1.165) is 5.56 Å². The van der Waals surface area contributed by atoms with Crippen LogP contribution in [-0.4, -0.2) is 26.0 Å². The number of aromatic nitrogens is 3. The summed E-state index contributed by atoms with van der Waals surface area (Å²) < 4.78 is 5.80. The first-order valence-corrected chi connectivity index (χ1v) is 8.00. The van der Waals surface area contributed by atoms with Crippen LogP contribution in [0.1, 0.15) is 36.7 Å². The number of carbonyl (C=O) groups is 1. The van der Waals surface area contributed by atoms with E-state index in [2.05, 4.69) is 25.0 Å². The number of pyridine rings is 1. The van der Waals surface area contributed by atoms with Gasteiger partial charge in [0.2, 0.25) is 5.88 Å². The van der Waals surface area contributed by atoms with Gasteiger partial charge in [-0.05, 0) is 33.8 Å². The first-order valence-electron chi connectivity index (χ1n) is 8.00. The highest BCUT2D eigenvalue weighted by atomic mass is 16.5. The Balaban J connectivity index is 2.17. The van der Waals surface area contributed by atoms with Crippen molar-refractivity contribution in [2.24, 2.45) is 5.11 Å². The summed E-state index contributed by atoms with van der Waals surface area (Å²) in [5, 5.41) is 14.2. The Hall–Kier alpha value is -3.71. The van der Waals surface area contributed by atoms with Crippen molar-refractivity contribution in [3.63, 3.8) is 0 Å². The fourth-order valence-electron chi connectivity index (χ4n) is 2.72. The number of fused-ring (bicyclic) bond motifs is 1. The molecular formula is C18H16N6O3. The molecule has 0 atom stereocenters. The third-order valence-corrected chi connectivity index (χ3v) is 3.86. The van der Waals surface area contributed by atoms with Gasteiger partial charge < -0.3 is 9.84 Å². The Morgan fingerprint density at radius 1 is 1.22 bits per heavy atom. The minimum atomic E-state index is -1.04. The number of carboxylic acids is 1. The molecule has 0 unspecified atom stereocenters. The van der Waals surface area contributed by atoms with Crippen molar-refractivity contribution in [3.8, 4) is 11.6 Å². The van der Waals surface area contributed by atoms with Crippen molar-refractivity contribution in [1.29, 1.82) is 0 Å². The lowest BCUT2D eigenvalue weighted by Gasteiger charge is -2.23. The lowest BCUT2D eigenvalue weighted by Crippen LogP contribution is -2.14. The van der Waals surface area contributed by atoms with Crippen LogP contribution in [0.25, 0.3) is 21.2 Å². The Morgan fingerprint density at radius 2 is 2.00 bits per heavy atom. The van der Waals surface area contributed by atoms with Crippen molar-refractivity contribution in [2.75, 3.05) is 0 Å². The van der Waals surface area contributed by atoms with E-state index in [1.165, 1.54) is 18.6 Å². The standard InChI is InChI=1S/C18H16N6O3/c1-18(2,3)13-5-11(27-15-6-14(23-24-19)21-9-22-15)4-10-7-20-8-12(16(10)13)17(25)26/h4-9H,1-3H3,(H,25,26). The van der Waals surface area contributed by atoms with Crippen molar-refractivity contribution >= 4 is 22.6 Å². The van der Waals surface area contributed by atoms with Gasteiger partial charge in [0.05, 0.1) is 5.56 Å². The molecule has 3 rings (SSSR count). The Kier molecular flexibility index (Phi) is 4.62. The summed E-state index contributed by atoms with van der Waals surface area (Å²) >= 11 is 0. The lowest BCUT2D eigenvalue weighted by atomic mass is 9.82. The van der Waals surface area contributed by atoms with Crippen LogP contribution in [0.3, 0.4) is 0 Å². The molecule has 2 heterocycles. The summed E-state index contributed by atoms with van der Waals surface area (Å²) in [6.07, 6.45) is 4.17. The molecule has 0 aliphatic carbocycles. The number of azide groups is 1. The zero-order valence-electron chi connectivity index (χ0n) is 14.9. The largest absolute Gasteiger partial charge is 0.478 e. The molecule has 9 nitrogen and oxygen atoms in total. The zero-order valence-corrected chi connectivity index (χ0v) is 14.9. The van der Waals surface area contributed by atoms with Crippen LogP contribution in [0, 0.1) is 0 Å². The minimum Gasteiger partial charge on any atom is -0.478 e. The number of hydrogen-bond donors (Lipinski definition) is 1. The van der Waals surface area contributed by atoms with Gasteiger partial charge in [-0.1, -0.05) is 20.8 Å². The number of benzene rings is 1. The van der Waals surface area contributed by atoms with Gasteiger partial charge in [0, 0.05) is 34.1 Å². The van der Waals surface area contributed by atoms with Gasteiger partial charge in [0.1, 0.15) is 17.9 Å². The Bertz CT molecular complexity index is 1080. The lowest BCUT2D eigenvalue weighted by molar-refractivity contribution is 0.0698. The van der Waals surface area contributed by atoms with E-state index in [1.54, 1.807) is 18.3 Å². The average molecular weight is 364 g/mol. The third kappa shape index (κ3) is 3.78. The van der Waals surface area contributed by atoms with Gasteiger partial charge in [-0.25, -0.2) is 14.8 Å². The predicted molar refractivity (Wildman–Crippen MR) is 98.3 cm³/mol. The number of aromatic carboxylic acids is 1. The van der Waals surface area contributed by atoms with Crippen molar-refractivity contribution in [3.05, 3.63) is 58.5 Å². The van der Waals surface area contributed by atoms with Gasteiger partial charge in [0.25, 0.3) is 0 Å². The molecule has 1 aromatic carbocycles. The molecule has 0 amide bonds. The maximum atomic E-state index is 11.6. The van der Waals surface area contributed by atoms with Crippen LogP contribution in [-0.2, 0) is 5.41 Å². The van der Waals surface area contributed by atoms with Gasteiger partial charge in [-0.15, -0.1) is 0 Å². The Labute approximate surface area is 154 Å². The van der Waals surface area contributed by atoms with E-state index in [0.29, 0.717) is 16.5 Å². The normalized spacial score (nSPS) is 11.1. The van der Waals surface area contributed by atoms with Crippen LogP contribution < -0.4 is 4.74 Å². The molecule has 136 valence electrons. The summed E-state index contributed by atoms with van der Waals surface area (Å²) in [5.41, 5.74) is 9.12. The van der Waals surface area contributed by atoms with Crippen molar-refractivity contribution in [1.82, 2.24) is 15.0 Å². The summed E-state index contributed by atoms with van der Waals surface area (Å²) in [6.45, 7) is 5.96. The Morgan fingerprint density at radius 3 is 2.67 bits per heavy atom. The summed E-state index contributed by atoms with van der Waals surface area (Å²) in [4.78, 5) is 26.2. The average Bonchev–Trinajstić information content (AvgIpc) is 2.60. The van der Waals surface area contributed by atoms with E-state index in [9.17, 15) is 9.90 Å². The number of hydrogen-bond acceptors (Lipinski definition) is 6. The zero-order chi connectivity index (χ0) is 19.6. The number of carboxylic acid groups (broad SMARTS) is 1. The molecule has 0 radical (unpaired) electrons. The molecule has 9 heteroatoms. The number of ether oxygens (including phenoxy) is 1. The minimum absolute atomic E-state index is 0.133. The molecule has 3 aromatic rings. The molecule has 27 heavy (non-hydrogen) atoms. The van der Waals surface area contributed by atoms with Gasteiger partial charge in [-0.2, -0.15) is 0 Å². The van der Waals surface area contributed by atoms with Gasteiger partial charge >= 0.3 is 5.97 Å². The summed E-state index contributed by atoms with van der Waals surface area (Å²) in [5.74, 6) is -0.243. The van der Waals surface area contributed by atoms with E-state index in [1.807, 2.05) is 20.8 Å². The molecule has 0 saturated carbocycles. The quantitative estimate of drug-likeness (QED) is 0.403. The maximum Gasteiger partial charge on any atom is 0.337 e. The van der Waals surface area contributed by atoms with Gasteiger partial charge in [-0.3, -0.25) is 4.98 Å². The molecule has 0 bridgehead atoms. The van der Waals surface area contributed by atoms with Crippen LogP contribution in [0.15, 0.2) is 42.0 Å². The molecule has 0 spiro atoms. The number of nitrogens with zero attached hydrogens (tertiary/aromatic N) is 6. The second-order valence-electron chi connectivity index (χ2n) is 6.82. The fourth-order valence-corrected chi connectivity index (χ4v) is 2.72. The maximum absolute atomic E-state index is 11.6. The number of rotatable bonds is 4. The second-order valence-corrected chi connectivity index (χ2v) is 6.82. The van der Waals surface area contributed by atoms with Crippen molar-refractivity contribution < 1.29 is 14.6 Å². The molecule has 0 fully saturated rings. The highest BCUT2D eigenvalue weighted by Gasteiger charge is 2.23. The van der Waals surface area contributed by atoms with Crippen molar-refractivity contribution in [2.45, 2.75) is 26.2 Å². The monoisotopic (exact) mass is 364 g/mol. The van der Waals surface area contributed by atoms with Gasteiger partial charge in [0.15, 0.2) is 0 Å². The molecule has 0 saturated heterocycles. The molecule has 0 aliphatic rings. The first-order chi connectivity index (χ1) is 12.8. The van der Waals surface area contributed by atoms with Crippen LogP contribution in [0.5, 0.6) is 11.6 Å². The van der Waals surface area contributed by atoms with Crippen LogP contribution in [0.4, 0.5) is 5.82 Å². The smallest absolute Gasteiger partial charge is 0.337 e. The molecular weight excluding hydrogens is 348 g/mol. The van der Waals surface area contributed by atoms with Crippen LogP contribution in [0.2, 0.25) is 0 Å². The summed E-state index contributed by atoms with van der Waals surface area (Å²) in [6, 6.07) is 4.88. The topological polar surface area (TPSA) is 134 Å². The van der Waals surface area contributed by atoms with E-state index in [-0.39, 0.29) is 22.7 Å². The second kappa shape index (κ2) is 6.89. The summed E-state index contributed by atoms with van der Waals surface area (Å²) in [7, 11) is 0. The fraction of sp³-hybridized carbons (Fsp3) is 0.222. The highest BCUT2D eigenvalue weighted by Crippen LogP contribution is 2.36. The predicted octanol–water partition coefficient (Wildman–Crippen LogP) is 4.75. The SMILES string of the molecule is CC(C)(C)c1cc(Oc2cc(N=[N+]=[N-])ncn2)cc2cncc(C(=O)O)c12. The first kappa shape index (κ1) is 18.1. The van der Waals surface area contributed by atoms with Crippen LogP contribution >= 0.6 is 0 Å². The molecule has 2 aromatic heterocycles. The van der Waals surface area contributed by atoms with E-state index in [4.69, 9.17) is 10.3 Å². The third-order valence-electron chi connectivity index (χ3n) is 3.86. The molecule has 0 aliphatic heterocycles. The highest BCUT2D eigenvalue weighted by molar-refractivity contribution is 6.05. The van der Waals surface area contributed by atoms with E-state index < -0.39 is 5.97 Å².